The minimum atomic E-state index is -0.748. The molecule has 0 N–H and O–H groups in total. The molecule has 15 heteroatoms. The average molecular weight is 794 g/mol. The van der Waals surface area contributed by atoms with E-state index in [9.17, 15) is 19.2 Å². The molecule has 2 aromatic carbocycles. The molecule has 7 heterocycles. The maximum atomic E-state index is 14.2. The van der Waals surface area contributed by atoms with Crippen molar-refractivity contribution in [3.63, 3.8) is 0 Å². The maximum absolute atomic E-state index is 14.2. The number of likely N-dealkylation sites (tertiary alicyclic amines) is 2. The summed E-state index contributed by atoms with van der Waals surface area (Å²) in [6.45, 7) is 5.24. The Morgan fingerprint density at radius 2 is 1.05 bits per heavy atom. The van der Waals surface area contributed by atoms with Gasteiger partial charge in [-0.1, -0.05) is 0 Å². The van der Waals surface area contributed by atoms with Crippen molar-refractivity contribution in [2.24, 2.45) is 11.8 Å². The second-order valence-corrected chi connectivity index (χ2v) is 17.0. The lowest BCUT2D eigenvalue weighted by molar-refractivity contribution is -0.0869. The Morgan fingerprint density at radius 3 is 1.48 bits per heavy atom. The number of ether oxygens (including phenoxy) is 8. The molecule has 58 heavy (non-hydrogen) atoms. The first-order valence-electron chi connectivity index (χ1n) is 20.1. The van der Waals surface area contributed by atoms with E-state index in [0.717, 1.165) is 37.1 Å². The van der Waals surface area contributed by atoms with Crippen molar-refractivity contribution < 1.29 is 57.1 Å². The van der Waals surface area contributed by atoms with Gasteiger partial charge in [0.15, 0.2) is 23.0 Å². The first-order chi connectivity index (χ1) is 28.0. The zero-order chi connectivity index (χ0) is 39.7. The molecule has 2 saturated heterocycles. The van der Waals surface area contributed by atoms with Crippen LogP contribution in [0.5, 0.6) is 23.0 Å². The summed E-state index contributed by atoms with van der Waals surface area (Å²) in [5.74, 6) is -0.394. The summed E-state index contributed by atoms with van der Waals surface area (Å²) in [5, 5.41) is 0. The topological polar surface area (TPSA) is 161 Å². The summed E-state index contributed by atoms with van der Waals surface area (Å²) in [7, 11) is 4.15. The second kappa shape index (κ2) is 13.0. The van der Waals surface area contributed by atoms with Crippen LogP contribution < -0.4 is 18.9 Å². The number of aromatic nitrogens is 1. The number of hydrogen-bond donors (Lipinski definition) is 0. The lowest BCUT2D eigenvalue weighted by Crippen LogP contribution is -2.55. The number of carbonyl (C=O) groups excluding carboxylic acids is 4. The van der Waals surface area contributed by atoms with Crippen molar-refractivity contribution >= 4 is 23.9 Å². The molecular weight excluding hydrogens is 750 g/mol. The van der Waals surface area contributed by atoms with E-state index in [2.05, 4.69) is 28.9 Å². The number of aryl methyl sites for hydroxylation is 2. The Morgan fingerprint density at radius 1 is 0.638 bits per heavy atom. The summed E-state index contributed by atoms with van der Waals surface area (Å²) < 4.78 is 47.4. The van der Waals surface area contributed by atoms with Crippen molar-refractivity contribution in [3.8, 4) is 23.0 Å². The number of hydrogen-bond acceptors (Lipinski definition) is 15. The predicted octanol–water partition coefficient (Wildman–Crippen LogP) is 4.30. The first-order valence-corrected chi connectivity index (χ1v) is 20.1. The van der Waals surface area contributed by atoms with Crippen molar-refractivity contribution in [2.45, 2.75) is 87.9 Å². The third-order valence-corrected chi connectivity index (χ3v) is 14.0. The third kappa shape index (κ3) is 5.34. The highest BCUT2D eigenvalue weighted by Crippen LogP contribution is 2.53. The normalized spacial score (nSPS) is 32.5. The SMILES string of the molecule is Cc1nc(C)c(C(=O)O[C@@H]2C[C@@H]3CCN(C)[C@@H]3[C@@H]3c4cc5c(cc4C(=O)O[C@H]32)OCO5)cc1C(=O)O[C@H]1C[C@H]2CCN(C)[C@@H]2[C@H]2c3cc4c(cc3C(=O)O[C@H]21)OCO4. The van der Waals surface area contributed by atoms with Crippen LogP contribution >= 0.6 is 0 Å². The Labute approximate surface area is 333 Å². The van der Waals surface area contributed by atoms with Gasteiger partial charge in [0.2, 0.25) is 13.6 Å². The molecule has 11 rings (SSSR count). The standard InChI is InChI=1S/C43H43N3O12/c1-18-22(40(47)55-32-9-20-5-7-45(3)36(20)34-24-12-28-30(53-16-51-28)14-26(24)42(49)57-38(32)34)11-23(19(2)44-18)41(48)56-33-10-21-6-8-46(4)37(21)35-25-13-29-31(54-17-52-29)15-27(25)43(50)58-39(33)35/h11-15,20-21,32-39H,5-10,16-17H2,1-4H3/t20-,21+,32+,33-,34-,35+,36-,37-,38-,39-/m0/s1. The maximum Gasteiger partial charge on any atom is 0.340 e. The van der Waals surface area contributed by atoms with Crippen molar-refractivity contribution in [1.82, 2.24) is 14.8 Å². The molecule has 0 bridgehead atoms. The second-order valence-electron chi connectivity index (χ2n) is 17.0. The van der Waals surface area contributed by atoms with Gasteiger partial charge in [0.05, 0.1) is 33.6 Å². The van der Waals surface area contributed by atoms with Gasteiger partial charge >= 0.3 is 23.9 Å². The highest BCUT2D eigenvalue weighted by Gasteiger charge is 2.57. The Balaban J connectivity index is 0.873. The van der Waals surface area contributed by atoms with E-state index in [0.29, 0.717) is 58.4 Å². The number of rotatable bonds is 4. The minimum Gasteiger partial charge on any atom is -0.455 e. The number of likely N-dealkylation sites (N-methyl/N-ethyl adjacent to an activating group) is 2. The van der Waals surface area contributed by atoms with Crippen LogP contribution in [0.4, 0.5) is 0 Å². The van der Waals surface area contributed by atoms with Gasteiger partial charge < -0.3 is 47.7 Å². The number of carbonyl (C=O) groups is 4. The van der Waals surface area contributed by atoms with Gasteiger partial charge in [-0.3, -0.25) is 4.98 Å². The van der Waals surface area contributed by atoms with Crippen molar-refractivity contribution in [1.29, 1.82) is 0 Å². The molecule has 0 spiro atoms. The van der Waals surface area contributed by atoms with Gasteiger partial charge in [0, 0.05) is 23.9 Å². The summed E-state index contributed by atoms with van der Waals surface area (Å²) in [5.41, 5.74) is 3.44. The largest absolute Gasteiger partial charge is 0.455 e. The van der Waals surface area contributed by atoms with Crippen LogP contribution in [0.3, 0.4) is 0 Å². The van der Waals surface area contributed by atoms with Crippen LogP contribution in [-0.4, -0.2) is 116 Å². The number of benzene rings is 2. The van der Waals surface area contributed by atoms with E-state index >= 15 is 0 Å². The molecule has 8 aliphatic rings. The molecule has 302 valence electrons. The molecule has 10 atom stereocenters. The lowest BCUT2D eigenvalue weighted by Gasteiger charge is -2.48. The summed E-state index contributed by atoms with van der Waals surface area (Å²) in [4.78, 5) is 64.6. The molecule has 15 nitrogen and oxygen atoms in total. The van der Waals surface area contributed by atoms with Crippen LogP contribution in [0.2, 0.25) is 0 Å². The van der Waals surface area contributed by atoms with E-state index in [1.54, 1.807) is 26.0 Å². The van der Waals surface area contributed by atoms with Crippen LogP contribution in [0.15, 0.2) is 30.3 Å². The number of nitrogens with zero attached hydrogens (tertiary/aromatic N) is 3. The molecular formula is C43H43N3O12. The predicted molar refractivity (Wildman–Crippen MR) is 199 cm³/mol. The van der Waals surface area contributed by atoms with Crippen LogP contribution in [-0.2, 0) is 18.9 Å². The quantitative estimate of drug-likeness (QED) is 0.272. The van der Waals surface area contributed by atoms with Gasteiger partial charge in [0.25, 0.3) is 0 Å². The Hall–Kier alpha value is -5.41. The van der Waals surface area contributed by atoms with Crippen LogP contribution in [0, 0.1) is 25.7 Å². The van der Waals surface area contributed by atoms with Crippen LogP contribution in [0.25, 0.3) is 0 Å². The monoisotopic (exact) mass is 793 g/mol. The number of fused-ring (bicyclic) bond motifs is 12. The summed E-state index contributed by atoms with van der Waals surface area (Å²) >= 11 is 0. The lowest BCUT2D eigenvalue weighted by atomic mass is 9.69. The van der Waals surface area contributed by atoms with E-state index in [4.69, 9.17) is 37.9 Å². The molecule has 3 aromatic rings. The van der Waals surface area contributed by atoms with E-state index in [1.165, 1.54) is 6.07 Å². The number of pyridine rings is 1. The highest BCUT2D eigenvalue weighted by atomic mass is 16.7. The average Bonchev–Trinajstić information content (AvgIpc) is 4.01. The fourth-order valence-electron chi connectivity index (χ4n) is 11.4. The fraction of sp³-hybridized carbons (Fsp3) is 0.512. The van der Waals surface area contributed by atoms with Gasteiger partial charge in [-0.2, -0.15) is 0 Å². The molecule has 4 fully saturated rings. The Kier molecular flexibility index (Phi) is 8.04. The molecule has 0 radical (unpaired) electrons. The molecule has 1 aromatic heterocycles. The number of esters is 4. The van der Waals surface area contributed by atoms with Crippen LogP contribution in [0.1, 0.15) is 101 Å². The highest BCUT2D eigenvalue weighted by molar-refractivity contribution is 5.97. The van der Waals surface area contributed by atoms with Gasteiger partial charge in [-0.15, -0.1) is 0 Å². The summed E-state index contributed by atoms with van der Waals surface area (Å²) in [6, 6.07) is 8.72. The fourth-order valence-corrected chi connectivity index (χ4v) is 11.4. The van der Waals surface area contributed by atoms with Crippen molar-refractivity contribution in [3.05, 3.63) is 75.1 Å². The molecule has 2 aliphatic carbocycles. The van der Waals surface area contributed by atoms with E-state index in [1.807, 2.05) is 12.1 Å². The van der Waals surface area contributed by atoms with Gasteiger partial charge in [0.1, 0.15) is 24.4 Å². The van der Waals surface area contributed by atoms with Crippen molar-refractivity contribution in [2.75, 3.05) is 40.8 Å². The zero-order valence-electron chi connectivity index (χ0n) is 32.6. The zero-order valence-corrected chi connectivity index (χ0v) is 32.6. The third-order valence-electron chi connectivity index (χ3n) is 14.0. The smallest absolute Gasteiger partial charge is 0.340 e. The van der Waals surface area contributed by atoms with E-state index in [-0.39, 0.29) is 60.5 Å². The minimum absolute atomic E-state index is 0.0655. The van der Waals surface area contributed by atoms with Gasteiger partial charge in [-0.05, 0) is 120 Å². The van der Waals surface area contributed by atoms with E-state index < -0.39 is 48.3 Å². The first kappa shape index (κ1) is 35.7. The summed E-state index contributed by atoms with van der Waals surface area (Å²) in [6.07, 6.45) is -0.156. The van der Waals surface area contributed by atoms with Gasteiger partial charge in [-0.25, -0.2) is 19.2 Å². The molecule has 0 unspecified atom stereocenters. The molecule has 6 aliphatic heterocycles. The Bertz CT molecular complexity index is 2160. The molecule has 0 amide bonds. The molecule has 2 saturated carbocycles.